The van der Waals surface area contributed by atoms with E-state index in [9.17, 15) is 8.78 Å². The number of imidazole rings is 1. The fourth-order valence-electron chi connectivity index (χ4n) is 1.98. The quantitative estimate of drug-likeness (QED) is 0.635. The third-order valence-electron chi connectivity index (χ3n) is 2.80. The fourth-order valence-corrected chi connectivity index (χ4v) is 2.81. The van der Waals surface area contributed by atoms with Crippen molar-refractivity contribution in [1.29, 1.82) is 0 Å². The molecule has 3 aromatic rings. The lowest BCUT2D eigenvalue weighted by atomic mass is 10.2. The maximum absolute atomic E-state index is 13.4. The summed E-state index contributed by atoms with van der Waals surface area (Å²) in [6.07, 6.45) is 0. The van der Waals surface area contributed by atoms with E-state index in [4.69, 9.17) is 12.2 Å². The first-order valence-corrected chi connectivity index (χ1v) is 6.62. The molecular formula is C13H7BrF2N2S. The fraction of sp³-hybridized carbons (Fsp3) is 0. The summed E-state index contributed by atoms with van der Waals surface area (Å²) in [5.74, 6) is -0.707. The number of hydrogen-bond acceptors (Lipinski definition) is 1. The molecule has 6 heteroatoms. The number of fused-ring (bicyclic) bond motifs is 1. The molecule has 0 aliphatic heterocycles. The van der Waals surface area contributed by atoms with Gasteiger partial charge in [0.2, 0.25) is 0 Å². The Kier molecular flexibility index (Phi) is 2.99. The first kappa shape index (κ1) is 12.5. The standard InChI is InChI=1S/C13H7BrF2N2S/c14-9-5-7(15)2-4-11(9)18-12-6-8(16)1-3-10(12)17-13(18)19/h1-6H,(H,17,19). The van der Waals surface area contributed by atoms with E-state index in [2.05, 4.69) is 20.9 Å². The van der Waals surface area contributed by atoms with Gasteiger partial charge in [0, 0.05) is 10.5 Å². The normalized spacial score (nSPS) is 11.1. The molecule has 0 aliphatic carbocycles. The summed E-state index contributed by atoms with van der Waals surface area (Å²) < 4.78 is 29.1. The van der Waals surface area contributed by atoms with Gasteiger partial charge in [0.25, 0.3) is 0 Å². The Morgan fingerprint density at radius 1 is 1.05 bits per heavy atom. The summed E-state index contributed by atoms with van der Waals surface area (Å²) in [5, 5.41) is 0. The largest absolute Gasteiger partial charge is 0.330 e. The molecule has 1 N–H and O–H groups in total. The van der Waals surface area contributed by atoms with E-state index in [-0.39, 0.29) is 11.6 Å². The molecule has 0 saturated carbocycles. The molecule has 2 nitrogen and oxygen atoms in total. The Labute approximate surface area is 120 Å². The Morgan fingerprint density at radius 2 is 1.74 bits per heavy atom. The molecule has 0 radical (unpaired) electrons. The molecule has 0 amide bonds. The van der Waals surface area contributed by atoms with E-state index in [1.807, 2.05) is 0 Å². The Hall–Kier alpha value is -1.53. The van der Waals surface area contributed by atoms with E-state index in [0.717, 1.165) is 5.52 Å². The summed E-state index contributed by atoms with van der Waals surface area (Å²) in [6.45, 7) is 0. The second-order valence-corrected chi connectivity index (χ2v) is 5.26. The van der Waals surface area contributed by atoms with Crippen LogP contribution in [-0.2, 0) is 0 Å². The van der Waals surface area contributed by atoms with Gasteiger partial charge in [-0.3, -0.25) is 4.57 Å². The van der Waals surface area contributed by atoms with Crippen molar-refractivity contribution in [3.05, 3.63) is 57.3 Å². The third kappa shape index (κ3) is 2.11. The lowest BCUT2D eigenvalue weighted by molar-refractivity contribution is 0.626. The maximum Gasteiger partial charge on any atom is 0.182 e. The van der Waals surface area contributed by atoms with Crippen molar-refractivity contribution in [2.75, 3.05) is 0 Å². The van der Waals surface area contributed by atoms with Crippen LogP contribution in [0, 0.1) is 16.4 Å². The van der Waals surface area contributed by atoms with E-state index in [1.54, 1.807) is 16.7 Å². The topological polar surface area (TPSA) is 20.7 Å². The number of nitrogens with one attached hydrogen (secondary N) is 1. The number of aromatic nitrogens is 2. The number of H-pyrrole nitrogens is 1. The van der Waals surface area contributed by atoms with Crippen molar-refractivity contribution in [3.63, 3.8) is 0 Å². The average Bonchev–Trinajstić information content (AvgIpc) is 2.65. The SMILES string of the molecule is Fc1ccc(-n2c(=S)[nH]c3ccc(F)cc32)c(Br)c1. The lowest BCUT2D eigenvalue weighted by Gasteiger charge is -2.07. The number of rotatable bonds is 1. The Morgan fingerprint density at radius 3 is 2.47 bits per heavy atom. The van der Waals surface area contributed by atoms with Crippen LogP contribution in [0.15, 0.2) is 40.9 Å². The van der Waals surface area contributed by atoms with Gasteiger partial charge in [-0.05, 0) is 58.5 Å². The number of halogens is 3. The van der Waals surface area contributed by atoms with Crippen molar-refractivity contribution in [3.8, 4) is 5.69 Å². The zero-order valence-electron chi connectivity index (χ0n) is 9.45. The number of benzene rings is 2. The van der Waals surface area contributed by atoms with Crippen LogP contribution in [0.4, 0.5) is 8.78 Å². The molecule has 0 aliphatic rings. The van der Waals surface area contributed by atoms with Crippen LogP contribution in [0.2, 0.25) is 0 Å². The lowest BCUT2D eigenvalue weighted by Crippen LogP contribution is -1.96. The molecule has 0 spiro atoms. The zero-order chi connectivity index (χ0) is 13.6. The van der Waals surface area contributed by atoms with Crippen molar-refractivity contribution in [1.82, 2.24) is 9.55 Å². The van der Waals surface area contributed by atoms with Crippen LogP contribution < -0.4 is 0 Å². The van der Waals surface area contributed by atoms with E-state index < -0.39 is 0 Å². The first-order chi connectivity index (χ1) is 9.06. The molecule has 1 aromatic heterocycles. The summed E-state index contributed by atoms with van der Waals surface area (Å²) in [6, 6.07) is 8.63. The van der Waals surface area contributed by atoms with Gasteiger partial charge >= 0.3 is 0 Å². The van der Waals surface area contributed by atoms with E-state index in [0.29, 0.717) is 20.4 Å². The molecule has 0 atom stereocenters. The van der Waals surface area contributed by atoms with Gasteiger partial charge in [0.15, 0.2) is 4.77 Å². The summed E-state index contributed by atoms with van der Waals surface area (Å²) in [4.78, 5) is 2.99. The molecule has 2 aromatic carbocycles. The zero-order valence-corrected chi connectivity index (χ0v) is 11.9. The van der Waals surface area contributed by atoms with Crippen LogP contribution in [0.25, 0.3) is 16.7 Å². The highest BCUT2D eigenvalue weighted by atomic mass is 79.9. The summed E-state index contributed by atoms with van der Waals surface area (Å²) >= 11 is 8.53. The van der Waals surface area contributed by atoms with Gasteiger partial charge in [0.1, 0.15) is 11.6 Å². The predicted molar refractivity (Wildman–Crippen MR) is 76.1 cm³/mol. The van der Waals surface area contributed by atoms with Crippen LogP contribution >= 0.6 is 28.1 Å². The van der Waals surface area contributed by atoms with Crippen molar-refractivity contribution in [2.24, 2.45) is 0 Å². The van der Waals surface area contributed by atoms with Crippen LogP contribution in [0.5, 0.6) is 0 Å². The second-order valence-electron chi connectivity index (χ2n) is 4.02. The molecular weight excluding hydrogens is 334 g/mol. The van der Waals surface area contributed by atoms with Crippen molar-refractivity contribution >= 4 is 39.2 Å². The molecule has 0 saturated heterocycles. The number of hydrogen-bond donors (Lipinski definition) is 1. The maximum atomic E-state index is 13.4. The van der Waals surface area contributed by atoms with Gasteiger partial charge in [-0.15, -0.1) is 0 Å². The smallest absolute Gasteiger partial charge is 0.182 e. The highest BCUT2D eigenvalue weighted by Crippen LogP contribution is 2.26. The molecule has 1 heterocycles. The Balaban J connectivity index is 2.38. The molecule has 0 unspecified atom stereocenters. The van der Waals surface area contributed by atoms with Gasteiger partial charge in [-0.2, -0.15) is 0 Å². The van der Waals surface area contributed by atoms with Crippen LogP contribution in [0.1, 0.15) is 0 Å². The number of aromatic amines is 1. The van der Waals surface area contributed by atoms with Crippen molar-refractivity contribution < 1.29 is 8.78 Å². The van der Waals surface area contributed by atoms with Crippen LogP contribution in [0.3, 0.4) is 0 Å². The minimum Gasteiger partial charge on any atom is -0.330 e. The molecule has 0 fully saturated rings. The first-order valence-electron chi connectivity index (χ1n) is 5.42. The average molecular weight is 341 g/mol. The Bertz CT molecular complexity index is 838. The molecule has 3 rings (SSSR count). The van der Waals surface area contributed by atoms with E-state index >= 15 is 0 Å². The van der Waals surface area contributed by atoms with Gasteiger partial charge < -0.3 is 4.98 Å². The van der Waals surface area contributed by atoms with Gasteiger partial charge in [-0.25, -0.2) is 8.78 Å². The monoisotopic (exact) mass is 340 g/mol. The third-order valence-corrected chi connectivity index (χ3v) is 3.72. The van der Waals surface area contributed by atoms with Gasteiger partial charge in [0.05, 0.1) is 16.7 Å². The second kappa shape index (κ2) is 4.54. The summed E-state index contributed by atoms with van der Waals surface area (Å²) in [7, 11) is 0. The van der Waals surface area contributed by atoms with E-state index in [1.165, 1.54) is 24.3 Å². The minimum absolute atomic E-state index is 0.353. The molecule has 0 bridgehead atoms. The van der Waals surface area contributed by atoms with Gasteiger partial charge in [-0.1, -0.05) is 0 Å². The molecule has 19 heavy (non-hydrogen) atoms. The summed E-state index contributed by atoms with van der Waals surface area (Å²) in [5.41, 5.74) is 1.99. The molecule has 96 valence electrons. The minimum atomic E-state index is -0.354. The van der Waals surface area contributed by atoms with Crippen LogP contribution in [-0.4, -0.2) is 9.55 Å². The highest BCUT2D eigenvalue weighted by molar-refractivity contribution is 9.10. The predicted octanol–water partition coefficient (Wildman–Crippen LogP) is 4.73. The van der Waals surface area contributed by atoms with Crippen molar-refractivity contribution in [2.45, 2.75) is 0 Å². The number of nitrogens with zero attached hydrogens (tertiary/aromatic N) is 1. The highest BCUT2D eigenvalue weighted by Gasteiger charge is 2.10.